The molecule has 0 aliphatic rings. The van der Waals surface area contributed by atoms with Crippen molar-refractivity contribution >= 4 is 34.7 Å². The molecule has 102 valence electrons. The van der Waals surface area contributed by atoms with E-state index in [1.807, 2.05) is 0 Å². The van der Waals surface area contributed by atoms with Gasteiger partial charge in [0, 0.05) is 34.2 Å². The molecule has 0 saturated heterocycles. The molecule has 0 aromatic heterocycles. The SMILES string of the molecule is O=C(Cc1cccc(Cl)c1)c1cc(Cl)cc([N+](=O)[O-])c1. The second-order valence-electron chi connectivity index (χ2n) is 4.19. The molecular formula is C14H9Cl2NO3. The predicted molar refractivity (Wildman–Crippen MR) is 77.6 cm³/mol. The topological polar surface area (TPSA) is 60.2 Å². The van der Waals surface area contributed by atoms with Crippen LogP contribution < -0.4 is 0 Å². The van der Waals surface area contributed by atoms with Crippen molar-refractivity contribution < 1.29 is 9.72 Å². The highest BCUT2D eigenvalue weighted by Crippen LogP contribution is 2.22. The molecule has 0 spiro atoms. The number of nitro groups is 1. The lowest BCUT2D eigenvalue weighted by Gasteiger charge is -2.03. The van der Waals surface area contributed by atoms with Gasteiger partial charge in [-0.15, -0.1) is 0 Å². The van der Waals surface area contributed by atoms with Crippen molar-refractivity contribution in [2.45, 2.75) is 6.42 Å². The maximum atomic E-state index is 12.1. The third-order valence-corrected chi connectivity index (χ3v) is 3.12. The molecule has 0 atom stereocenters. The Morgan fingerprint density at radius 2 is 1.85 bits per heavy atom. The van der Waals surface area contributed by atoms with Gasteiger partial charge in [-0.1, -0.05) is 35.3 Å². The summed E-state index contributed by atoms with van der Waals surface area (Å²) in [5.74, 6) is -0.252. The fourth-order valence-corrected chi connectivity index (χ4v) is 2.22. The van der Waals surface area contributed by atoms with E-state index in [1.165, 1.54) is 18.2 Å². The van der Waals surface area contributed by atoms with E-state index in [4.69, 9.17) is 23.2 Å². The average Bonchev–Trinajstić information content (AvgIpc) is 2.37. The van der Waals surface area contributed by atoms with Crippen LogP contribution in [0.25, 0.3) is 0 Å². The van der Waals surface area contributed by atoms with Crippen molar-refractivity contribution in [2.75, 3.05) is 0 Å². The first-order chi connectivity index (χ1) is 9.45. The Labute approximate surface area is 125 Å². The minimum absolute atomic E-state index is 0.109. The molecule has 0 bridgehead atoms. The first-order valence-electron chi connectivity index (χ1n) is 5.68. The fourth-order valence-electron chi connectivity index (χ4n) is 1.77. The second-order valence-corrected chi connectivity index (χ2v) is 5.06. The largest absolute Gasteiger partial charge is 0.294 e. The van der Waals surface area contributed by atoms with Gasteiger partial charge in [0.1, 0.15) is 0 Å². The molecule has 0 saturated carbocycles. The minimum atomic E-state index is -0.581. The molecule has 0 amide bonds. The van der Waals surface area contributed by atoms with E-state index in [0.29, 0.717) is 5.02 Å². The van der Waals surface area contributed by atoms with E-state index in [-0.39, 0.29) is 28.5 Å². The van der Waals surface area contributed by atoms with Crippen molar-refractivity contribution in [3.63, 3.8) is 0 Å². The molecule has 0 N–H and O–H groups in total. The summed E-state index contributed by atoms with van der Waals surface area (Å²) >= 11 is 11.6. The van der Waals surface area contributed by atoms with Crippen molar-refractivity contribution in [3.05, 3.63) is 73.8 Å². The zero-order chi connectivity index (χ0) is 14.7. The molecule has 0 heterocycles. The van der Waals surface area contributed by atoms with E-state index in [2.05, 4.69) is 0 Å². The summed E-state index contributed by atoms with van der Waals surface area (Å²) in [7, 11) is 0. The maximum Gasteiger partial charge on any atom is 0.271 e. The van der Waals surface area contributed by atoms with Gasteiger partial charge in [-0.2, -0.15) is 0 Å². The summed E-state index contributed by atoms with van der Waals surface area (Å²) in [4.78, 5) is 22.3. The number of benzene rings is 2. The van der Waals surface area contributed by atoms with Crippen LogP contribution in [0.1, 0.15) is 15.9 Å². The molecule has 2 rings (SSSR count). The van der Waals surface area contributed by atoms with E-state index < -0.39 is 4.92 Å². The summed E-state index contributed by atoms with van der Waals surface area (Å²) in [5.41, 5.74) is 0.751. The van der Waals surface area contributed by atoms with Crippen LogP contribution in [0.2, 0.25) is 10.0 Å². The molecule has 0 fully saturated rings. The normalized spacial score (nSPS) is 10.3. The Hall–Kier alpha value is -1.91. The van der Waals surface area contributed by atoms with Gasteiger partial charge in [-0.25, -0.2) is 0 Å². The second kappa shape index (κ2) is 6.03. The molecule has 6 heteroatoms. The number of Topliss-reactive ketones (excluding diaryl/α,β-unsaturated/α-hetero) is 1. The molecule has 0 unspecified atom stereocenters. The van der Waals surface area contributed by atoms with E-state index in [1.54, 1.807) is 24.3 Å². The molecule has 2 aromatic rings. The number of carbonyl (C=O) groups excluding carboxylic acids is 1. The van der Waals surface area contributed by atoms with Crippen molar-refractivity contribution in [3.8, 4) is 0 Å². The van der Waals surface area contributed by atoms with Crippen LogP contribution in [0, 0.1) is 10.1 Å². The van der Waals surface area contributed by atoms with Gasteiger partial charge in [0.25, 0.3) is 5.69 Å². The Morgan fingerprint density at radius 1 is 1.10 bits per heavy atom. The number of non-ortho nitro benzene ring substituents is 1. The Balaban J connectivity index is 2.27. The van der Waals surface area contributed by atoms with Gasteiger partial charge in [0.05, 0.1) is 4.92 Å². The van der Waals surface area contributed by atoms with Gasteiger partial charge < -0.3 is 0 Å². The van der Waals surface area contributed by atoms with E-state index >= 15 is 0 Å². The highest BCUT2D eigenvalue weighted by Gasteiger charge is 2.14. The Morgan fingerprint density at radius 3 is 2.50 bits per heavy atom. The molecule has 0 aliphatic heterocycles. The predicted octanol–water partition coefficient (Wildman–Crippen LogP) is 4.33. The van der Waals surface area contributed by atoms with Gasteiger partial charge in [0.15, 0.2) is 5.78 Å². The van der Waals surface area contributed by atoms with E-state index in [0.717, 1.165) is 5.56 Å². The lowest BCUT2D eigenvalue weighted by Crippen LogP contribution is -2.04. The van der Waals surface area contributed by atoms with Crippen LogP contribution in [-0.4, -0.2) is 10.7 Å². The quantitative estimate of drug-likeness (QED) is 0.480. The number of halogens is 2. The number of ketones is 1. The number of nitrogens with zero attached hydrogens (tertiary/aromatic N) is 1. The maximum absolute atomic E-state index is 12.1. The summed E-state index contributed by atoms with van der Waals surface area (Å²) in [5, 5.41) is 11.4. The summed E-state index contributed by atoms with van der Waals surface area (Å²) in [6.07, 6.45) is 0.109. The zero-order valence-corrected chi connectivity index (χ0v) is 11.7. The van der Waals surface area contributed by atoms with Crippen LogP contribution >= 0.6 is 23.2 Å². The summed E-state index contributed by atoms with van der Waals surface area (Å²) in [6.45, 7) is 0. The number of carbonyl (C=O) groups is 1. The molecule has 0 aliphatic carbocycles. The first kappa shape index (κ1) is 14.5. The highest BCUT2D eigenvalue weighted by molar-refractivity contribution is 6.31. The number of rotatable bonds is 4. The van der Waals surface area contributed by atoms with Crippen LogP contribution in [0.3, 0.4) is 0 Å². The molecule has 20 heavy (non-hydrogen) atoms. The van der Waals surface area contributed by atoms with Crippen molar-refractivity contribution in [2.24, 2.45) is 0 Å². The number of hydrogen-bond donors (Lipinski definition) is 0. The Kier molecular flexibility index (Phi) is 4.37. The van der Waals surface area contributed by atoms with Crippen LogP contribution in [0.4, 0.5) is 5.69 Å². The van der Waals surface area contributed by atoms with Crippen LogP contribution in [0.15, 0.2) is 42.5 Å². The molecular weight excluding hydrogens is 301 g/mol. The van der Waals surface area contributed by atoms with Crippen molar-refractivity contribution in [1.29, 1.82) is 0 Å². The standard InChI is InChI=1S/C14H9Cl2NO3/c15-11-3-1-2-9(4-11)5-14(18)10-6-12(16)8-13(7-10)17(19)20/h1-4,6-8H,5H2. The monoisotopic (exact) mass is 309 g/mol. The third-order valence-electron chi connectivity index (χ3n) is 2.67. The van der Waals surface area contributed by atoms with Gasteiger partial charge in [-0.05, 0) is 23.8 Å². The Bertz CT molecular complexity index is 686. The fraction of sp³-hybridized carbons (Fsp3) is 0.0714. The number of hydrogen-bond acceptors (Lipinski definition) is 3. The molecule has 0 radical (unpaired) electrons. The van der Waals surface area contributed by atoms with Gasteiger partial charge in [-0.3, -0.25) is 14.9 Å². The van der Waals surface area contributed by atoms with Crippen LogP contribution in [-0.2, 0) is 6.42 Å². The highest BCUT2D eigenvalue weighted by atomic mass is 35.5. The van der Waals surface area contributed by atoms with Crippen LogP contribution in [0.5, 0.6) is 0 Å². The van der Waals surface area contributed by atoms with Crippen molar-refractivity contribution in [1.82, 2.24) is 0 Å². The summed E-state index contributed by atoms with van der Waals surface area (Å²) < 4.78 is 0. The summed E-state index contributed by atoms with van der Waals surface area (Å²) in [6, 6.07) is 10.7. The van der Waals surface area contributed by atoms with Gasteiger partial charge >= 0.3 is 0 Å². The molecule has 2 aromatic carbocycles. The first-order valence-corrected chi connectivity index (χ1v) is 6.44. The average molecular weight is 310 g/mol. The lowest BCUT2D eigenvalue weighted by molar-refractivity contribution is -0.384. The van der Waals surface area contributed by atoms with Gasteiger partial charge in [0.2, 0.25) is 0 Å². The van der Waals surface area contributed by atoms with E-state index in [9.17, 15) is 14.9 Å². The zero-order valence-electron chi connectivity index (χ0n) is 10.2. The number of nitro benzene ring substituents is 1. The lowest BCUT2D eigenvalue weighted by atomic mass is 10.0. The smallest absolute Gasteiger partial charge is 0.271 e. The molecule has 4 nitrogen and oxygen atoms in total. The minimum Gasteiger partial charge on any atom is -0.294 e. The third kappa shape index (κ3) is 3.56.